The van der Waals surface area contributed by atoms with Crippen LogP contribution in [-0.4, -0.2) is 17.3 Å². The van der Waals surface area contributed by atoms with Crippen LogP contribution in [0.3, 0.4) is 0 Å². The van der Waals surface area contributed by atoms with Gasteiger partial charge in [0.2, 0.25) is 0 Å². The van der Waals surface area contributed by atoms with Crippen LogP contribution in [0.1, 0.15) is 39.5 Å². The summed E-state index contributed by atoms with van der Waals surface area (Å²) < 4.78 is 0. The highest BCUT2D eigenvalue weighted by Crippen LogP contribution is 2.37. The quantitative estimate of drug-likeness (QED) is 0.718. The van der Waals surface area contributed by atoms with Gasteiger partial charge >= 0.3 is 0 Å². The molecule has 86 valence electrons. The molecule has 1 saturated heterocycles. The highest BCUT2D eigenvalue weighted by molar-refractivity contribution is 7.99. The lowest BCUT2D eigenvalue weighted by molar-refractivity contribution is -0.128. The third kappa shape index (κ3) is 2.77. The van der Waals surface area contributed by atoms with E-state index in [1.54, 1.807) is 0 Å². The fourth-order valence-corrected chi connectivity index (χ4v) is 4.50. The Morgan fingerprint density at radius 2 is 1.73 bits per heavy atom. The largest absolute Gasteiger partial charge is 0.299 e. The molecule has 3 unspecified atom stereocenters. The van der Waals surface area contributed by atoms with Crippen LogP contribution in [0.5, 0.6) is 0 Å². The zero-order valence-electron chi connectivity index (χ0n) is 9.87. The molecule has 1 nitrogen and oxygen atoms in total. The summed E-state index contributed by atoms with van der Waals surface area (Å²) in [6.07, 6.45) is 4.78. The summed E-state index contributed by atoms with van der Waals surface area (Å²) in [6, 6.07) is 0. The van der Waals surface area contributed by atoms with Crippen molar-refractivity contribution in [3.05, 3.63) is 0 Å². The number of hydrogen-bond acceptors (Lipinski definition) is 2. The van der Waals surface area contributed by atoms with E-state index >= 15 is 0 Å². The summed E-state index contributed by atoms with van der Waals surface area (Å²) in [4.78, 5) is 12.3. The van der Waals surface area contributed by atoms with E-state index in [2.05, 4.69) is 13.8 Å². The lowest BCUT2D eigenvalue weighted by atomic mass is 9.73. The van der Waals surface area contributed by atoms with Crippen LogP contribution < -0.4 is 0 Å². The van der Waals surface area contributed by atoms with Gasteiger partial charge in [-0.3, -0.25) is 4.79 Å². The second kappa shape index (κ2) is 4.90. The molecule has 0 bridgehead atoms. The number of ketones is 1. The van der Waals surface area contributed by atoms with Crippen molar-refractivity contribution in [2.75, 3.05) is 11.5 Å². The Bertz CT molecular complexity index is 223. The minimum Gasteiger partial charge on any atom is -0.299 e. The van der Waals surface area contributed by atoms with Gasteiger partial charge in [-0.05, 0) is 43.3 Å². The molecule has 0 aromatic carbocycles. The number of rotatable bonds is 2. The van der Waals surface area contributed by atoms with Crippen molar-refractivity contribution in [1.82, 2.24) is 0 Å². The number of hydrogen-bond donors (Lipinski definition) is 0. The van der Waals surface area contributed by atoms with Crippen LogP contribution in [0.15, 0.2) is 0 Å². The van der Waals surface area contributed by atoms with E-state index in [1.807, 2.05) is 11.8 Å². The molecule has 0 amide bonds. The van der Waals surface area contributed by atoms with Crippen LogP contribution in [0.25, 0.3) is 0 Å². The molecule has 1 heterocycles. The molecule has 1 aliphatic heterocycles. The predicted molar refractivity (Wildman–Crippen MR) is 66.1 cm³/mol. The molecule has 0 N–H and O–H groups in total. The Morgan fingerprint density at radius 1 is 1.07 bits per heavy atom. The Hall–Kier alpha value is 0.0200. The van der Waals surface area contributed by atoms with E-state index in [-0.39, 0.29) is 0 Å². The summed E-state index contributed by atoms with van der Waals surface area (Å²) in [5.41, 5.74) is 0. The SMILES string of the molecule is CC1CC(C)CC(C(=O)C2CCSC2)C1. The van der Waals surface area contributed by atoms with Gasteiger partial charge < -0.3 is 0 Å². The highest BCUT2D eigenvalue weighted by Gasteiger charge is 2.34. The van der Waals surface area contributed by atoms with Gasteiger partial charge in [0, 0.05) is 17.6 Å². The number of carbonyl (C=O) groups excluding carboxylic acids is 1. The minimum absolute atomic E-state index is 0.396. The zero-order chi connectivity index (χ0) is 10.8. The number of Topliss-reactive ketones (excluding diaryl/α,β-unsaturated/α-hetero) is 1. The van der Waals surface area contributed by atoms with Gasteiger partial charge in [-0.15, -0.1) is 0 Å². The molecule has 2 heteroatoms. The maximum absolute atomic E-state index is 12.3. The first-order valence-corrected chi connectivity index (χ1v) is 7.43. The van der Waals surface area contributed by atoms with Crippen LogP contribution >= 0.6 is 11.8 Å². The monoisotopic (exact) mass is 226 g/mol. The van der Waals surface area contributed by atoms with Gasteiger partial charge in [-0.2, -0.15) is 11.8 Å². The Balaban J connectivity index is 1.93. The van der Waals surface area contributed by atoms with E-state index < -0.39 is 0 Å². The van der Waals surface area contributed by atoms with Gasteiger partial charge in [-0.1, -0.05) is 13.8 Å². The van der Waals surface area contributed by atoms with E-state index in [0.717, 1.165) is 36.9 Å². The number of carbonyl (C=O) groups is 1. The maximum atomic E-state index is 12.3. The molecule has 15 heavy (non-hydrogen) atoms. The van der Waals surface area contributed by atoms with Crippen molar-refractivity contribution >= 4 is 17.5 Å². The van der Waals surface area contributed by atoms with Crippen molar-refractivity contribution < 1.29 is 4.79 Å². The third-order valence-corrected chi connectivity index (χ3v) is 5.08. The van der Waals surface area contributed by atoms with E-state index in [1.165, 1.54) is 12.2 Å². The first-order valence-electron chi connectivity index (χ1n) is 6.28. The Morgan fingerprint density at radius 3 is 2.27 bits per heavy atom. The van der Waals surface area contributed by atoms with Crippen molar-refractivity contribution in [3.63, 3.8) is 0 Å². The molecule has 0 spiro atoms. The summed E-state index contributed by atoms with van der Waals surface area (Å²) >= 11 is 1.96. The van der Waals surface area contributed by atoms with Crippen molar-refractivity contribution in [2.45, 2.75) is 39.5 Å². The fourth-order valence-electron chi connectivity index (χ4n) is 3.27. The molecular weight excluding hydrogens is 204 g/mol. The van der Waals surface area contributed by atoms with Crippen LogP contribution in [0.2, 0.25) is 0 Å². The predicted octanol–water partition coefficient (Wildman–Crippen LogP) is 3.38. The first-order chi connectivity index (χ1) is 7.16. The Labute approximate surface area is 97.4 Å². The van der Waals surface area contributed by atoms with Crippen LogP contribution in [0, 0.1) is 23.7 Å². The molecule has 2 aliphatic rings. The van der Waals surface area contributed by atoms with Gasteiger partial charge in [0.05, 0.1) is 0 Å². The molecule has 3 atom stereocenters. The van der Waals surface area contributed by atoms with E-state index in [0.29, 0.717) is 17.6 Å². The molecule has 0 radical (unpaired) electrons. The van der Waals surface area contributed by atoms with Crippen molar-refractivity contribution in [3.8, 4) is 0 Å². The highest BCUT2D eigenvalue weighted by atomic mass is 32.2. The normalized spacial score (nSPS) is 41.7. The van der Waals surface area contributed by atoms with Gasteiger partial charge in [0.15, 0.2) is 0 Å². The topological polar surface area (TPSA) is 17.1 Å². The standard InChI is InChI=1S/C13H22OS/c1-9-5-10(2)7-12(6-9)13(14)11-3-4-15-8-11/h9-12H,3-8H2,1-2H3. The minimum atomic E-state index is 0.396. The lowest BCUT2D eigenvalue weighted by Crippen LogP contribution is -2.30. The van der Waals surface area contributed by atoms with Crippen LogP contribution in [0.4, 0.5) is 0 Å². The molecular formula is C13H22OS. The maximum Gasteiger partial charge on any atom is 0.139 e. The summed E-state index contributed by atoms with van der Waals surface area (Å²) in [6.45, 7) is 4.61. The van der Waals surface area contributed by atoms with E-state index in [4.69, 9.17) is 0 Å². The summed E-state index contributed by atoms with van der Waals surface area (Å²) in [5, 5.41) is 0. The molecule has 2 rings (SSSR count). The average molecular weight is 226 g/mol. The second-order valence-electron chi connectivity index (χ2n) is 5.58. The summed E-state index contributed by atoms with van der Waals surface area (Å²) in [7, 11) is 0. The Kier molecular flexibility index (Phi) is 3.76. The van der Waals surface area contributed by atoms with Gasteiger partial charge in [0.25, 0.3) is 0 Å². The smallest absolute Gasteiger partial charge is 0.139 e. The molecule has 2 fully saturated rings. The lowest BCUT2D eigenvalue weighted by Gasteiger charge is -2.31. The molecule has 0 aromatic heterocycles. The van der Waals surface area contributed by atoms with Gasteiger partial charge in [-0.25, -0.2) is 0 Å². The van der Waals surface area contributed by atoms with E-state index in [9.17, 15) is 4.79 Å². The van der Waals surface area contributed by atoms with Gasteiger partial charge in [0.1, 0.15) is 5.78 Å². The van der Waals surface area contributed by atoms with Crippen molar-refractivity contribution in [2.24, 2.45) is 23.7 Å². The van der Waals surface area contributed by atoms with Crippen LogP contribution in [-0.2, 0) is 4.79 Å². The molecule has 1 saturated carbocycles. The summed E-state index contributed by atoms with van der Waals surface area (Å²) in [5.74, 6) is 5.21. The van der Waals surface area contributed by atoms with Crippen molar-refractivity contribution in [1.29, 1.82) is 0 Å². The fraction of sp³-hybridized carbons (Fsp3) is 0.923. The number of thioether (sulfide) groups is 1. The average Bonchev–Trinajstić information content (AvgIpc) is 2.67. The second-order valence-corrected chi connectivity index (χ2v) is 6.73. The molecule has 1 aliphatic carbocycles. The first kappa shape index (κ1) is 11.5. The zero-order valence-corrected chi connectivity index (χ0v) is 10.7. The third-order valence-electron chi connectivity index (χ3n) is 3.91. The molecule has 0 aromatic rings.